The summed E-state index contributed by atoms with van der Waals surface area (Å²) >= 11 is 1.58. The molecule has 0 bridgehead atoms. The van der Waals surface area contributed by atoms with E-state index in [0.29, 0.717) is 12.4 Å². The lowest BCUT2D eigenvalue weighted by molar-refractivity contribution is -0.118. The van der Waals surface area contributed by atoms with E-state index >= 15 is 0 Å². The first kappa shape index (κ1) is 20.7. The van der Waals surface area contributed by atoms with Crippen molar-refractivity contribution in [2.24, 2.45) is 5.10 Å². The number of hydrazone groups is 1. The average molecular weight is 405 g/mol. The summed E-state index contributed by atoms with van der Waals surface area (Å²) in [5.41, 5.74) is 7.09. The molecule has 1 amide bonds. The van der Waals surface area contributed by atoms with Crippen LogP contribution in [0, 0.1) is 6.92 Å². The van der Waals surface area contributed by atoms with Gasteiger partial charge < -0.3 is 4.74 Å². The van der Waals surface area contributed by atoms with Gasteiger partial charge in [-0.25, -0.2) is 5.43 Å². The average Bonchev–Trinajstić information content (AvgIpc) is 2.75. The Kier molecular flexibility index (Phi) is 7.90. The standard InChI is InChI=1S/C24H24N2O2S/c1-19-7-5-6-10-22(19)17-29-18-24(27)26-25-15-20-11-13-23(14-12-20)28-16-21-8-3-2-4-9-21/h2-15H,16-18H2,1H3,(H,26,27). The predicted molar refractivity (Wildman–Crippen MR) is 120 cm³/mol. The highest BCUT2D eigenvalue weighted by Gasteiger charge is 2.02. The molecule has 0 heterocycles. The fourth-order valence-electron chi connectivity index (χ4n) is 2.63. The monoisotopic (exact) mass is 404 g/mol. The van der Waals surface area contributed by atoms with Crippen molar-refractivity contribution in [2.75, 3.05) is 5.75 Å². The zero-order chi connectivity index (χ0) is 20.3. The number of carbonyl (C=O) groups is 1. The van der Waals surface area contributed by atoms with Gasteiger partial charge in [-0.3, -0.25) is 4.79 Å². The number of nitrogens with zero attached hydrogens (tertiary/aromatic N) is 1. The summed E-state index contributed by atoms with van der Waals surface area (Å²) in [5, 5.41) is 4.03. The number of thioether (sulfide) groups is 1. The van der Waals surface area contributed by atoms with E-state index in [1.54, 1.807) is 18.0 Å². The van der Waals surface area contributed by atoms with Crippen molar-refractivity contribution in [1.29, 1.82) is 0 Å². The summed E-state index contributed by atoms with van der Waals surface area (Å²) in [6.07, 6.45) is 1.63. The van der Waals surface area contributed by atoms with Crippen LogP contribution >= 0.6 is 11.8 Å². The molecule has 3 aromatic rings. The van der Waals surface area contributed by atoms with Crippen molar-refractivity contribution in [1.82, 2.24) is 5.43 Å². The summed E-state index contributed by atoms with van der Waals surface area (Å²) in [6.45, 7) is 2.61. The number of nitrogens with one attached hydrogen (secondary N) is 1. The maximum absolute atomic E-state index is 11.9. The van der Waals surface area contributed by atoms with Gasteiger partial charge in [0.25, 0.3) is 0 Å². The minimum Gasteiger partial charge on any atom is -0.489 e. The summed E-state index contributed by atoms with van der Waals surface area (Å²) in [5.74, 6) is 1.87. The van der Waals surface area contributed by atoms with Crippen LogP contribution in [-0.4, -0.2) is 17.9 Å². The molecule has 29 heavy (non-hydrogen) atoms. The van der Waals surface area contributed by atoms with E-state index < -0.39 is 0 Å². The van der Waals surface area contributed by atoms with Crippen LogP contribution < -0.4 is 10.2 Å². The van der Waals surface area contributed by atoms with Crippen molar-refractivity contribution in [2.45, 2.75) is 19.3 Å². The fourth-order valence-corrected chi connectivity index (χ4v) is 3.52. The lowest BCUT2D eigenvalue weighted by atomic mass is 10.1. The van der Waals surface area contributed by atoms with Crippen LogP contribution in [0.15, 0.2) is 84.0 Å². The quantitative estimate of drug-likeness (QED) is 0.405. The van der Waals surface area contributed by atoms with Gasteiger partial charge in [-0.05, 0) is 53.4 Å². The Balaban J connectivity index is 1.38. The summed E-state index contributed by atoms with van der Waals surface area (Å²) < 4.78 is 5.76. The third-order valence-corrected chi connectivity index (χ3v) is 5.26. The Bertz CT molecular complexity index is 941. The van der Waals surface area contributed by atoms with Gasteiger partial charge in [0.15, 0.2) is 0 Å². The van der Waals surface area contributed by atoms with Gasteiger partial charge in [0.05, 0.1) is 12.0 Å². The minimum atomic E-state index is -0.109. The number of rotatable bonds is 9. The van der Waals surface area contributed by atoms with Crippen LogP contribution in [0.25, 0.3) is 0 Å². The van der Waals surface area contributed by atoms with Crippen LogP contribution in [-0.2, 0) is 17.2 Å². The van der Waals surface area contributed by atoms with Crippen LogP contribution in [0.5, 0.6) is 5.75 Å². The number of hydrogen-bond acceptors (Lipinski definition) is 4. The van der Waals surface area contributed by atoms with Crippen molar-refractivity contribution >= 4 is 23.9 Å². The second-order valence-corrected chi connectivity index (χ2v) is 7.54. The molecule has 148 valence electrons. The van der Waals surface area contributed by atoms with Gasteiger partial charge in [0.1, 0.15) is 12.4 Å². The third-order valence-electron chi connectivity index (χ3n) is 4.28. The van der Waals surface area contributed by atoms with Crippen molar-refractivity contribution < 1.29 is 9.53 Å². The number of benzene rings is 3. The van der Waals surface area contributed by atoms with Crippen LogP contribution in [0.4, 0.5) is 0 Å². The normalized spacial score (nSPS) is 10.8. The van der Waals surface area contributed by atoms with Gasteiger partial charge in [-0.1, -0.05) is 54.6 Å². The number of amides is 1. The zero-order valence-electron chi connectivity index (χ0n) is 16.4. The van der Waals surface area contributed by atoms with E-state index in [0.717, 1.165) is 22.6 Å². The van der Waals surface area contributed by atoms with E-state index in [1.165, 1.54) is 11.1 Å². The lowest BCUT2D eigenvalue weighted by Crippen LogP contribution is -2.19. The van der Waals surface area contributed by atoms with Crippen LogP contribution in [0.3, 0.4) is 0 Å². The molecule has 0 aliphatic rings. The highest BCUT2D eigenvalue weighted by atomic mass is 32.2. The number of ether oxygens (including phenoxy) is 1. The SMILES string of the molecule is Cc1ccccc1CSCC(=O)NN=Cc1ccc(OCc2ccccc2)cc1. The molecule has 0 saturated carbocycles. The molecule has 3 aromatic carbocycles. The molecule has 0 atom stereocenters. The van der Waals surface area contributed by atoms with E-state index in [-0.39, 0.29) is 5.91 Å². The second-order valence-electron chi connectivity index (χ2n) is 6.56. The first-order chi connectivity index (χ1) is 14.2. The first-order valence-corrected chi connectivity index (χ1v) is 10.6. The maximum atomic E-state index is 11.9. The molecule has 0 fully saturated rings. The Morgan fingerprint density at radius 1 is 1.00 bits per heavy atom. The van der Waals surface area contributed by atoms with Gasteiger partial charge in [-0.15, -0.1) is 11.8 Å². The van der Waals surface area contributed by atoms with E-state index in [1.807, 2.05) is 66.7 Å². The molecule has 0 unspecified atom stereocenters. The Morgan fingerprint density at radius 2 is 1.72 bits per heavy atom. The Morgan fingerprint density at radius 3 is 2.48 bits per heavy atom. The van der Waals surface area contributed by atoms with E-state index in [9.17, 15) is 4.79 Å². The lowest BCUT2D eigenvalue weighted by Gasteiger charge is -2.06. The van der Waals surface area contributed by atoms with Crippen molar-refractivity contribution in [3.63, 3.8) is 0 Å². The molecular formula is C24H24N2O2S. The molecule has 3 rings (SSSR count). The van der Waals surface area contributed by atoms with Gasteiger partial charge in [0, 0.05) is 5.75 Å². The van der Waals surface area contributed by atoms with Crippen molar-refractivity contribution in [3.8, 4) is 5.75 Å². The predicted octanol–water partition coefficient (Wildman–Crippen LogP) is 4.96. The molecule has 0 aromatic heterocycles. The molecule has 4 nitrogen and oxygen atoms in total. The topological polar surface area (TPSA) is 50.7 Å². The fraction of sp³-hybridized carbons (Fsp3) is 0.167. The smallest absolute Gasteiger partial charge is 0.250 e. The molecule has 5 heteroatoms. The van der Waals surface area contributed by atoms with Gasteiger partial charge in [0.2, 0.25) is 5.91 Å². The highest BCUT2D eigenvalue weighted by molar-refractivity contribution is 7.99. The molecule has 0 spiro atoms. The molecule has 0 aliphatic carbocycles. The largest absolute Gasteiger partial charge is 0.489 e. The number of hydrogen-bond donors (Lipinski definition) is 1. The van der Waals surface area contributed by atoms with Crippen LogP contribution in [0.2, 0.25) is 0 Å². The number of aryl methyl sites for hydroxylation is 1. The van der Waals surface area contributed by atoms with Crippen molar-refractivity contribution in [3.05, 3.63) is 101 Å². The second kappa shape index (κ2) is 11.1. The molecule has 0 aliphatic heterocycles. The zero-order valence-corrected chi connectivity index (χ0v) is 17.2. The molecular weight excluding hydrogens is 380 g/mol. The first-order valence-electron chi connectivity index (χ1n) is 9.41. The summed E-state index contributed by atoms with van der Waals surface area (Å²) in [6, 6.07) is 25.8. The third kappa shape index (κ3) is 7.12. The van der Waals surface area contributed by atoms with Crippen LogP contribution in [0.1, 0.15) is 22.3 Å². The summed E-state index contributed by atoms with van der Waals surface area (Å²) in [7, 11) is 0. The van der Waals surface area contributed by atoms with E-state index in [2.05, 4.69) is 29.6 Å². The van der Waals surface area contributed by atoms with Gasteiger partial charge >= 0.3 is 0 Å². The van der Waals surface area contributed by atoms with E-state index in [4.69, 9.17) is 4.74 Å². The Labute approximate surface area is 176 Å². The Hall–Kier alpha value is -3.05. The van der Waals surface area contributed by atoms with Gasteiger partial charge in [-0.2, -0.15) is 5.10 Å². The maximum Gasteiger partial charge on any atom is 0.250 e. The molecule has 0 saturated heterocycles. The molecule has 0 radical (unpaired) electrons. The number of carbonyl (C=O) groups excluding carboxylic acids is 1. The minimum absolute atomic E-state index is 0.109. The summed E-state index contributed by atoms with van der Waals surface area (Å²) in [4.78, 5) is 11.9. The highest BCUT2D eigenvalue weighted by Crippen LogP contribution is 2.16. The molecule has 1 N–H and O–H groups in total.